The van der Waals surface area contributed by atoms with Crippen LogP contribution in [0, 0.1) is 5.41 Å². The van der Waals surface area contributed by atoms with E-state index in [0.717, 1.165) is 0 Å². The predicted octanol–water partition coefficient (Wildman–Crippen LogP) is 3.37. The molecular weight excluding hydrogens is 156 g/mol. The van der Waals surface area contributed by atoms with Gasteiger partial charge in [0, 0.05) is 0 Å². The van der Waals surface area contributed by atoms with Crippen LogP contribution < -0.4 is 0 Å². The average Bonchev–Trinajstić information content (AvgIpc) is 1.92. The molecule has 2 rings (SSSR count). The van der Waals surface area contributed by atoms with E-state index in [1.807, 2.05) is 0 Å². The third kappa shape index (κ3) is 1.93. The monoisotopic (exact) mass is 174 g/mol. The highest BCUT2D eigenvalue weighted by atomic mass is 14.2. The van der Waals surface area contributed by atoms with E-state index in [1.54, 1.807) is 11.1 Å². The van der Waals surface area contributed by atoms with Crippen molar-refractivity contribution in [3.05, 3.63) is 34.9 Å². The van der Waals surface area contributed by atoms with Crippen molar-refractivity contribution in [2.45, 2.75) is 40.0 Å². The molecule has 0 heteroatoms. The summed E-state index contributed by atoms with van der Waals surface area (Å²) < 4.78 is 0. The van der Waals surface area contributed by atoms with Crippen molar-refractivity contribution in [1.82, 2.24) is 0 Å². The van der Waals surface area contributed by atoms with Crippen molar-refractivity contribution in [2.24, 2.45) is 5.41 Å². The summed E-state index contributed by atoms with van der Waals surface area (Å²) in [4.78, 5) is 0. The fourth-order valence-corrected chi connectivity index (χ4v) is 1.97. The highest BCUT2D eigenvalue weighted by Crippen LogP contribution is 2.27. The second-order valence-corrected chi connectivity index (χ2v) is 5.34. The fourth-order valence-electron chi connectivity index (χ4n) is 1.97. The largest absolute Gasteiger partial charge is 0.0599 e. The molecule has 1 aliphatic rings. The first-order valence-corrected chi connectivity index (χ1v) is 5.15. The Balaban J connectivity index is 2.18. The van der Waals surface area contributed by atoms with Crippen molar-refractivity contribution in [3.8, 4) is 0 Å². The molecule has 13 heavy (non-hydrogen) atoms. The number of hydrogen-bond acceptors (Lipinski definition) is 0. The molecule has 0 saturated carbocycles. The quantitative estimate of drug-likeness (QED) is 0.612. The van der Waals surface area contributed by atoms with E-state index in [4.69, 9.17) is 0 Å². The van der Waals surface area contributed by atoms with Gasteiger partial charge in [-0.2, -0.15) is 0 Å². The third-order valence-electron chi connectivity index (χ3n) is 2.67. The van der Waals surface area contributed by atoms with Crippen molar-refractivity contribution < 1.29 is 0 Å². The van der Waals surface area contributed by atoms with E-state index in [1.165, 1.54) is 24.8 Å². The van der Waals surface area contributed by atoms with Crippen LogP contribution in [0.25, 0.3) is 0 Å². The van der Waals surface area contributed by atoms with Crippen LogP contribution in [0.5, 0.6) is 0 Å². The lowest BCUT2D eigenvalue weighted by atomic mass is 9.83. The van der Waals surface area contributed by atoms with Crippen LogP contribution in [0.4, 0.5) is 0 Å². The molecule has 0 radical (unpaired) electrons. The molecule has 0 unspecified atom stereocenters. The standard InChI is InChI=1S/C13H18/c1-13(2,3)9-10-4-5-11-6-7-12(11)8-10/h4-5,8H,6-7,9H2,1-3H3. The summed E-state index contributed by atoms with van der Waals surface area (Å²) in [6, 6.07) is 6.99. The predicted molar refractivity (Wildman–Crippen MR) is 57.0 cm³/mol. The first-order chi connectivity index (χ1) is 6.04. The molecule has 0 spiro atoms. The maximum Gasteiger partial charge on any atom is -0.0230 e. The molecule has 0 aliphatic heterocycles. The zero-order valence-corrected chi connectivity index (χ0v) is 8.85. The molecule has 0 heterocycles. The van der Waals surface area contributed by atoms with Gasteiger partial charge in [-0.15, -0.1) is 0 Å². The van der Waals surface area contributed by atoms with Crippen LogP contribution >= 0.6 is 0 Å². The van der Waals surface area contributed by atoms with E-state index >= 15 is 0 Å². The molecule has 70 valence electrons. The topological polar surface area (TPSA) is 0 Å². The van der Waals surface area contributed by atoms with Crippen LogP contribution in [-0.4, -0.2) is 0 Å². The van der Waals surface area contributed by atoms with Gasteiger partial charge in [-0.1, -0.05) is 39.0 Å². The van der Waals surface area contributed by atoms with Gasteiger partial charge in [0.05, 0.1) is 0 Å². The number of rotatable bonds is 1. The minimum Gasteiger partial charge on any atom is -0.0599 e. The molecule has 0 bridgehead atoms. The number of aryl methyl sites for hydroxylation is 2. The van der Waals surface area contributed by atoms with Gasteiger partial charge in [0.1, 0.15) is 0 Å². The summed E-state index contributed by atoms with van der Waals surface area (Å²) in [6.45, 7) is 6.89. The highest BCUT2D eigenvalue weighted by molar-refractivity contribution is 5.38. The Morgan fingerprint density at radius 1 is 1.08 bits per heavy atom. The van der Waals surface area contributed by atoms with Gasteiger partial charge < -0.3 is 0 Å². The zero-order chi connectivity index (χ0) is 9.47. The first kappa shape index (κ1) is 8.80. The highest BCUT2D eigenvalue weighted by Gasteiger charge is 2.16. The first-order valence-electron chi connectivity index (χ1n) is 5.15. The van der Waals surface area contributed by atoms with E-state index in [2.05, 4.69) is 39.0 Å². The van der Waals surface area contributed by atoms with Gasteiger partial charge in [0.2, 0.25) is 0 Å². The van der Waals surface area contributed by atoms with Crippen LogP contribution in [0.1, 0.15) is 37.5 Å². The van der Waals surface area contributed by atoms with Gasteiger partial charge in [0.15, 0.2) is 0 Å². The Kier molecular flexibility index (Phi) is 1.94. The van der Waals surface area contributed by atoms with Gasteiger partial charge in [-0.25, -0.2) is 0 Å². The van der Waals surface area contributed by atoms with Crippen molar-refractivity contribution >= 4 is 0 Å². The number of benzene rings is 1. The summed E-state index contributed by atoms with van der Waals surface area (Å²) in [5.74, 6) is 0. The van der Waals surface area contributed by atoms with Crippen LogP contribution in [0.15, 0.2) is 18.2 Å². The lowest BCUT2D eigenvalue weighted by Gasteiger charge is -2.23. The third-order valence-corrected chi connectivity index (χ3v) is 2.67. The van der Waals surface area contributed by atoms with E-state index in [9.17, 15) is 0 Å². The Labute approximate surface area is 81.0 Å². The molecule has 1 aromatic carbocycles. The SMILES string of the molecule is CC(C)(C)Cc1ccc2c(c1)CC2. The van der Waals surface area contributed by atoms with Gasteiger partial charge >= 0.3 is 0 Å². The van der Waals surface area contributed by atoms with E-state index < -0.39 is 0 Å². The average molecular weight is 174 g/mol. The molecule has 1 aliphatic carbocycles. The maximum atomic E-state index is 2.39. The summed E-state index contributed by atoms with van der Waals surface area (Å²) in [5, 5.41) is 0. The normalized spacial score (nSPS) is 15.0. The van der Waals surface area contributed by atoms with Crippen LogP contribution in [-0.2, 0) is 19.3 Å². The maximum absolute atomic E-state index is 2.39. The summed E-state index contributed by atoms with van der Waals surface area (Å²) in [6.07, 6.45) is 3.79. The molecule has 0 aromatic heterocycles. The molecule has 0 atom stereocenters. The van der Waals surface area contributed by atoms with Gasteiger partial charge in [-0.3, -0.25) is 0 Å². The molecule has 0 fully saturated rings. The van der Waals surface area contributed by atoms with Crippen molar-refractivity contribution in [3.63, 3.8) is 0 Å². The van der Waals surface area contributed by atoms with Gasteiger partial charge in [0.25, 0.3) is 0 Å². The Hall–Kier alpha value is -0.780. The number of fused-ring (bicyclic) bond motifs is 1. The number of hydrogen-bond donors (Lipinski definition) is 0. The fraction of sp³-hybridized carbons (Fsp3) is 0.538. The summed E-state index contributed by atoms with van der Waals surface area (Å²) >= 11 is 0. The summed E-state index contributed by atoms with van der Waals surface area (Å²) in [5.41, 5.74) is 5.07. The smallest absolute Gasteiger partial charge is 0.0230 e. The molecule has 1 aromatic rings. The van der Waals surface area contributed by atoms with Gasteiger partial charge in [-0.05, 0) is 41.4 Å². The van der Waals surface area contributed by atoms with Crippen molar-refractivity contribution in [1.29, 1.82) is 0 Å². The molecule has 0 amide bonds. The summed E-state index contributed by atoms with van der Waals surface area (Å²) in [7, 11) is 0. The molecule has 0 nitrogen and oxygen atoms in total. The zero-order valence-electron chi connectivity index (χ0n) is 8.85. The van der Waals surface area contributed by atoms with Crippen LogP contribution in [0.2, 0.25) is 0 Å². The van der Waals surface area contributed by atoms with E-state index in [0.29, 0.717) is 5.41 Å². The second-order valence-electron chi connectivity index (χ2n) is 5.34. The Bertz CT molecular complexity index is 315. The lowest BCUT2D eigenvalue weighted by Crippen LogP contribution is -2.12. The minimum absolute atomic E-state index is 0.415. The molecule has 0 saturated heterocycles. The van der Waals surface area contributed by atoms with E-state index in [-0.39, 0.29) is 0 Å². The van der Waals surface area contributed by atoms with Crippen LogP contribution in [0.3, 0.4) is 0 Å². The Morgan fingerprint density at radius 2 is 1.77 bits per heavy atom. The molecular formula is C13H18. The molecule has 0 N–H and O–H groups in total. The minimum atomic E-state index is 0.415. The lowest BCUT2D eigenvalue weighted by molar-refractivity contribution is 0.411. The van der Waals surface area contributed by atoms with Crippen molar-refractivity contribution in [2.75, 3.05) is 0 Å². The second kappa shape index (κ2) is 2.87. The Morgan fingerprint density at radius 3 is 2.23 bits per heavy atom.